The molecule has 0 aliphatic rings. The molecule has 1 aromatic heterocycles. The maximum atomic E-state index is 5.93. The van der Waals surface area contributed by atoms with Gasteiger partial charge in [-0.15, -0.1) is 11.3 Å². The Labute approximate surface area is 134 Å². The van der Waals surface area contributed by atoms with Gasteiger partial charge in [-0.25, -0.2) is 0 Å². The second-order valence-electron chi connectivity index (χ2n) is 4.75. The minimum absolute atomic E-state index is 0.250. The first-order chi connectivity index (χ1) is 10.1. The molecule has 0 saturated heterocycles. The molecule has 1 heterocycles. The summed E-state index contributed by atoms with van der Waals surface area (Å²) in [6.45, 7) is 3.05. The summed E-state index contributed by atoms with van der Waals surface area (Å²) in [5, 5.41) is 3.51. The van der Waals surface area contributed by atoms with Gasteiger partial charge < -0.3 is 14.8 Å². The van der Waals surface area contributed by atoms with E-state index >= 15 is 0 Å². The van der Waals surface area contributed by atoms with Crippen LogP contribution >= 0.6 is 22.9 Å². The SMILES string of the molecule is COc1ccc(C(C)NCCc2ccc(Cl)s2)cc1OC. The molecule has 5 heteroatoms. The van der Waals surface area contributed by atoms with E-state index in [0.29, 0.717) is 0 Å². The predicted molar refractivity (Wildman–Crippen MR) is 89.0 cm³/mol. The zero-order chi connectivity index (χ0) is 15.2. The highest BCUT2D eigenvalue weighted by Gasteiger charge is 2.10. The summed E-state index contributed by atoms with van der Waals surface area (Å²) in [6, 6.07) is 10.3. The lowest BCUT2D eigenvalue weighted by Crippen LogP contribution is -2.21. The third-order valence-corrected chi connectivity index (χ3v) is 4.65. The minimum Gasteiger partial charge on any atom is -0.493 e. The van der Waals surface area contributed by atoms with Crippen LogP contribution in [-0.2, 0) is 6.42 Å². The van der Waals surface area contributed by atoms with Gasteiger partial charge in [0.1, 0.15) is 0 Å². The Balaban J connectivity index is 1.92. The van der Waals surface area contributed by atoms with Crippen molar-refractivity contribution in [1.82, 2.24) is 5.32 Å². The largest absolute Gasteiger partial charge is 0.493 e. The summed E-state index contributed by atoms with van der Waals surface area (Å²) in [6.07, 6.45) is 0.981. The molecule has 3 nitrogen and oxygen atoms in total. The highest BCUT2D eigenvalue weighted by Crippen LogP contribution is 2.30. The van der Waals surface area contributed by atoms with Crippen molar-refractivity contribution in [3.8, 4) is 11.5 Å². The van der Waals surface area contributed by atoms with Gasteiger partial charge in [0, 0.05) is 17.5 Å². The fourth-order valence-corrected chi connectivity index (χ4v) is 3.23. The average Bonchev–Trinajstić information content (AvgIpc) is 2.91. The number of rotatable bonds is 7. The molecule has 1 aromatic carbocycles. The maximum absolute atomic E-state index is 5.93. The number of hydrogen-bond donors (Lipinski definition) is 1. The van der Waals surface area contributed by atoms with Crippen molar-refractivity contribution in [1.29, 1.82) is 0 Å². The Bertz CT molecular complexity index is 585. The summed E-state index contributed by atoms with van der Waals surface area (Å²) in [5.41, 5.74) is 1.18. The van der Waals surface area contributed by atoms with Gasteiger partial charge >= 0.3 is 0 Å². The number of hydrogen-bond acceptors (Lipinski definition) is 4. The van der Waals surface area contributed by atoms with Crippen molar-refractivity contribution >= 4 is 22.9 Å². The predicted octanol–water partition coefficient (Wildman–Crippen LogP) is 4.31. The van der Waals surface area contributed by atoms with E-state index in [9.17, 15) is 0 Å². The van der Waals surface area contributed by atoms with Gasteiger partial charge in [0.25, 0.3) is 0 Å². The molecule has 0 aliphatic carbocycles. The average molecular weight is 326 g/mol. The smallest absolute Gasteiger partial charge is 0.161 e. The van der Waals surface area contributed by atoms with E-state index in [1.54, 1.807) is 25.6 Å². The van der Waals surface area contributed by atoms with Crippen LogP contribution in [0.2, 0.25) is 4.34 Å². The molecule has 0 saturated carbocycles. The fourth-order valence-electron chi connectivity index (χ4n) is 2.14. The van der Waals surface area contributed by atoms with E-state index in [-0.39, 0.29) is 6.04 Å². The van der Waals surface area contributed by atoms with E-state index in [2.05, 4.69) is 24.4 Å². The molecular weight excluding hydrogens is 306 g/mol. The van der Waals surface area contributed by atoms with Crippen LogP contribution in [0.15, 0.2) is 30.3 Å². The van der Waals surface area contributed by atoms with Crippen molar-refractivity contribution in [2.24, 2.45) is 0 Å². The number of thiophene rings is 1. The number of ether oxygens (including phenoxy) is 2. The molecule has 21 heavy (non-hydrogen) atoms. The number of methoxy groups -OCH3 is 2. The summed E-state index contributed by atoms with van der Waals surface area (Å²) >= 11 is 7.57. The Kier molecular flexibility index (Phi) is 5.91. The lowest BCUT2D eigenvalue weighted by molar-refractivity contribution is 0.354. The Morgan fingerprint density at radius 2 is 1.90 bits per heavy atom. The Hall–Kier alpha value is -1.23. The molecule has 0 bridgehead atoms. The second kappa shape index (κ2) is 7.69. The van der Waals surface area contributed by atoms with Gasteiger partial charge in [-0.3, -0.25) is 0 Å². The van der Waals surface area contributed by atoms with Gasteiger partial charge in [0.2, 0.25) is 0 Å². The van der Waals surface area contributed by atoms with Crippen LogP contribution < -0.4 is 14.8 Å². The first-order valence-electron chi connectivity index (χ1n) is 6.83. The zero-order valence-corrected chi connectivity index (χ0v) is 14.1. The Morgan fingerprint density at radius 3 is 2.52 bits per heavy atom. The minimum atomic E-state index is 0.250. The first kappa shape index (κ1) is 16.1. The molecule has 0 aliphatic heterocycles. The van der Waals surface area contributed by atoms with Gasteiger partial charge in [0.05, 0.1) is 18.6 Å². The lowest BCUT2D eigenvalue weighted by Gasteiger charge is -2.16. The molecule has 1 unspecified atom stereocenters. The highest BCUT2D eigenvalue weighted by atomic mass is 35.5. The lowest BCUT2D eigenvalue weighted by atomic mass is 10.1. The van der Waals surface area contributed by atoms with Crippen LogP contribution in [0.5, 0.6) is 11.5 Å². The molecule has 1 N–H and O–H groups in total. The van der Waals surface area contributed by atoms with E-state index in [0.717, 1.165) is 28.8 Å². The van der Waals surface area contributed by atoms with Crippen molar-refractivity contribution in [3.05, 3.63) is 45.1 Å². The van der Waals surface area contributed by atoms with Crippen LogP contribution in [0.25, 0.3) is 0 Å². The number of halogens is 1. The zero-order valence-electron chi connectivity index (χ0n) is 12.5. The van der Waals surface area contributed by atoms with Crippen molar-refractivity contribution in [2.45, 2.75) is 19.4 Å². The van der Waals surface area contributed by atoms with Crippen LogP contribution in [-0.4, -0.2) is 20.8 Å². The molecule has 0 amide bonds. The van der Waals surface area contributed by atoms with Gasteiger partial charge in [-0.05, 0) is 43.2 Å². The molecule has 0 fully saturated rings. The topological polar surface area (TPSA) is 30.5 Å². The standard InChI is InChI=1S/C16H20ClNO2S/c1-11(18-9-8-13-5-7-16(17)21-13)12-4-6-14(19-2)15(10-12)20-3/h4-7,10-11,18H,8-9H2,1-3H3. The highest BCUT2D eigenvalue weighted by molar-refractivity contribution is 7.16. The van der Waals surface area contributed by atoms with Gasteiger partial charge in [-0.1, -0.05) is 17.7 Å². The third kappa shape index (κ3) is 4.37. The number of benzene rings is 1. The van der Waals surface area contributed by atoms with E-state index in [4.69, 9.17) is 21.1 Å². The van der Waals surface area contributed by atoms with Crippen LogP contribution in [0.1, 0.15) is 23.4 Å². The van der Waals surface area contributed by atoms with Gasteiger partial charge in [-0.2, -0.15) is 0 Å². The van der Waals surface area contributed by atoms with E-state index in [1.165, 1.54) is 10.4 Å². The molecule has 0 radical (unpaired) electrons. The normalized spacial score (nSPS) is 12.2. The third-order valence-electron chi connectivity index (χ3n) is 3.36. The van der Waals surface area contributed by atoms with E-state index in [1.807, 2.05) is 18.2 Å². The maximum Gasteiger partial charge on any atom is 0.161 e. The molecule has 1 atom stereocenters. The molecule has 2 rings (SSSR count). The first-order valence-corrected chi connectivity index (χ1v) is 8.03. The van der Waals surface area contributed by atoms with E-state index < -0.39 is 0 Å². The quantitative estimate of drug-likeness (QED) is 0.822. The second-order valence-corrected chi connectivity index (χ2v) is 6.55. The van der Waals surface area contributed by atoms with Gasteiger partial charge in [0.15, 0.2) is 11.5 Å². The Morgan fingerprint density at radius 1 is 1.14 bits per heavy atom. The van der Waals surface area contributed by atoms with Crippen LogP contribution in [0.4, 0.5) is 0 Å². The van der Waals surface area contributed by atoms with Crippen molar-refractivity contribution in [3.63, 3.8) is 0 Å². The molecule has 0 spiro atoms. The van der Waals surface area contributed by atoms with Crippen LogP contribution in [0.3, 0.4) is 0 Å². The summed E-state index contributed by atoms with van der Waals surface area (Å²) in [4.78, 5) is 1.30. The molecule has 2 aromatic rings. The van der Waals surface area contributed by atoms with Crippen molar-refractivity contribution < 1.29 is 9.47 Å². The summed E-state index contributed by atoms with van der Waals surface area (Å²) < 4.78 is 11.4. The fraction of sp³-hybridized carbons (Fsp3) is 0.375. The number of nitrogens with one attached hydrogen (secondary N) is 1. The monoisotopic (exact) mass is 325 g/mol. The van der Waals surface area contributed by atoms with Crippen LogP contribution in [0, 0.1) is 0 Å². The van der Waals surface area contributed by atoms with Crippen molar-refractivity contribution in [2.75, 3.05) is 20.8 Å². The molecular formula is C16H20ClNO2S. The summed E-state index contributed by atoms with van der Waals surface area (Å²) in [7, 11) is 3.30. The summed E-state index contributed by atoms with van der Waals surface area (Å²) in [5.74, 6) is 1.51. The molecule has 114 valence electrons.